The molecule has 1 heterocycles. The molecule has 1 aliphatic heterocycles. The molecule has 1 aliphatic rings. The van der Waals surface area contributed by atoms with Crippen molar-refractivity contribution in [3.8, 4) is 11.5 Å². The lowest BCUT2D eigenvalue weighted by molar-refractivity contribution is -0.138. The van der Waals surface area contributed by atoms with E-state index in [1.54, 1.807) is 52.3 Å². The second-order valence-electron chi connectivity index (χ2n) is 4.75. The summed E-state index contributed by atoms with van der Waals surface area (Å²) in [7, 11) is 3.08. The number of aliphatic imine (C=N–C) groups is 1. The lowest BCUT2D eigenvalue weighted by atomic mass is 10.1. The molecule has 0 aromatic heterocycles. The van der Waals surface area contributed by atoms with E-state index in [4.69, 9.17) is 14.2 Å². The van der Waals surface area contributed by atoms with Crippen LogP contribution in [0.1, 0.15) is 19.4 Å². The Labute approximate surface area is 134 Å². The third kappa shape index (κ3) is 3.21. The van der Waals surface area contributed by atoms with Crippen LogP contribution in [0.5, 0.6) is 11.5 Å². The van der Waals surface area contributed by atoms with Gasteiger partial charge >= 0.3 is 5.97 Å². The zero-order valence-corrected chi connectivity index (χ0v) is 13.5. The molecular formula is C17H19NO5. The number of hydrogen-bond donors (Lipinski definition) is 1. The van der Waals surface area contributed by atoms with E-state index >= 15 is 0 Å². The van der Waals surface area contributed by atoms with Crippen molar-refractivity contribution in [2.45, 2.75) is 13.8 Å². The number of ether oxygens (including phenoxy) is 3. The Kier molecular flexibility index (Phi) is 5.05. The molecule has 23 heavy (non-hydrogen) atoms. The number of esters is 1. The van der Waals surface area contributed by atoms with E-state index in [1.165, 1.54) is 0 Å². The molecule has 0 saturated heterocycles. The Balaban J connectivity index is 2.52. The minimum atomic E-state index is -0.596. The third-order valence-electron chi connectivity index (χ3n) is 3.36. The third-order valence-corrected chi connectivity index (χ3v) is 3.36. The van der Waals surface area contributed by atoms with Crippen molar-refractivity contribution in [3.63, 3.8) is 0 Å². The van der Waals surface area contributed by atoms with Crippen LogP contribution in [0.25, 0.3) is 6.08 Å². The zero-order chi connectivity index (χ0) is 17.0. The lowest BCUT2D eigenvalue weighted by Crippen LogP contribution is -2.13. The normalized spacial score (nSPS) is 15.7. The van der Waals surface area contributed by atoms with Crippen LogP contribution in [-0.4, -0.2) is 37.6 Å². The summed E-state index contributed by atoms with van der Waals surface area (Å²) in [5.41, 5.74) is 1.36. The SMILES string of the molecule is CCOC(=O)C1=C(O)/C(=C\c2c(OC)cccc2OC)N=C1C. The molecule has 2 rings (SSSR count). The van der Waals surface area contributed by atoms with Crippen LogP contribution in [0.2, 0.25) is 0 Å². The standard InChI is InChI=1S/C17H19NO5/c1-5-23-17(20)15-10(2)18-12(16(15)19)9-11-13(21-3)7-6-8-14(11)22-4/h6-9,19H,5H2,1-4H3/b12-9+. The fraction of sp³-hybridized carbons (Fsp3) is 0.294. The Morgan fingerprint density at radius 2 is 1.87 bits per heavy atom. The van der Waals surface area contributed by atoms with Gasteiger partial charge in [-0.05, 0) is 32.1 Å². The molecule has 1 N–H and O–H groups in total. The van der Waals surface area contributed by atoms with Crippen molar-refractivity contribution < 1.29 is 24.1 Å². The highest BCUT2D eigenvalue weighted by Gasteiger charge is 2.28. The lowest BCUT2D eigenvalue weighted by Gasteiger charge is -2.10. The Hall–Kier alpha value is -2.76. The summed E-state index contributed by atoms with van der Waals surface area (Å²) in [5.74, 6) is 0.333. The Bertz CT molecular complexity index is 693. The van der Waals surface area contributed by atoms with Crippen LogP contribution >= 0.6 is 0 Å². The Morgan fingerprint density at radius 1 is 1.26 bits per heavy atom. The van der Waals surface area contributed by atoms with Crippen LogP contribution < -0.4 is 9.47 Å². The van der Waals surface area contributed by atoms with Gasteiger partial charge in [0.25, 0.3) is 0 Å². The fourth-order valence-electron chi connectivity index (χ4n) is 2.30. The number of aliphatic hydroxyl groups is 1. The Morgan fingerprint density at radius 3 is 2.39 bits per heavy atom. The van der Waals surface area contributed by atoms with Crippen LogP contribution in [0, 0.1) is 0 Å². The summed E-state index contributed by atoms with van der Waals surface area (Å²) >= 11 is 0. The van der Waals surface area contributed by atoms with E-state index in [-0.39, 0.29) is 23.6 Å². The highest BCUT2D eigenvalue weighted by molar-refractivity contribution is 6.22. The van der Waals surface area contributed by atoms with E-state index in [2.05, 4.69) is 4.99 Å². The van der Waals surface area contributed by atoms with Gasteiger partial charge in [-0.3, -0.25) is 0 Å². The second kappa shape index (κ2) is 7.00. The summed E-state index contributed by atoms with van der Waals surface area (Å²) in [6, 6.07) is 5.34. The molecule has 0 bridgehead atoms. The molecule has 6 nitrogen and oxygen atoms in total. The molecule has 0 aliphatic carbocycles. The van der Waals surface area contributed by atoms with Gasteiger partial charge in [0.05, 0.1) is 32.1 Å². The van der Waals surface area contributed by atoms with E-state index in [0.29, 0.717) is 22.8 Å². The maximum Gasteiger partial charge on any atom is 0.343 e. The van der Waals surface area contributed by atoms with E-state index in [1.807, 2.05) is 0 Å². The second-order valence-corrected chi connectivity index (χ2v) is 4.75. The van der Waals surface area contributed by atoms with Gasteiger partial charge < -0.3 is 19.3 Å². The van der Waals surface area contributed by atoms with Crippen molar-refractivity contribution in [1.82, 2.24) is 0 Å². The van der Waals surface area contributed by atoms with Gasteiger partial charge in [0.1, 0.15) is 22.8 Å². The molecular weight excluding hydrogens is 298 g/mol. The number of rotatable bonds is 5. The van der Waals surface area contributed by atoms with Crippen LogP contribution in [0.3, 0.4) is 0 Å². The zero-order valence-electron chi connectivity index (χ0n) is 13.5. The molecule has 1 aromatic carbocycles. The topological polar surface area (TPSA) is 77.4 Å². The van der Waals surface area contributed by atoms with Crippen LogP contribution in [0.4, 0.5) is 0 Å². The highest BCUT2D eigenvalue weighted by atomic mass is 16.5. The summed E-state index contributed by atoms with van der Waals surface area (Å²) in [6.45, 7) is 3.57. The van der Waals surface area contributed by atoms with Crippen LogP contribution in [0.15, 0.2) is 40.2 Å². The van der Waals surface area contributed by atoms with Crippen molar-refractivity contribution in [2.75, 3.05) is 20.8 Å². The first-order valence-electron chi connectivity index (χ1n) is 7.12. The quantitative estimate of drug-likeness (QED) is 0.845. The monoisotopic (exact) mass is 317 g/mol. The highest BCUT2D eigenvalue weighted by Crippen LogP contribution is 2.34. The van der Waals surface area contributed by atoms with Gasteiger partial charge in [0, 0.05) is 0 Å². The number of benzene rings is 1. The van der Waals surface area contributed by atoms with Crippen molar-refractivity contribution >= 4 is 17.8 Å². The molecule has 0 unspecified atom stereocenters. The van der Waals surface area contributed by atoms with Crippen molar-refractivity contribution in [3.05, 3.63) is 40.8 Å². The number of methoxy groups -OCH3 is 2. The minimum Gasteiger partial charge on any atom is -0.505 e. The average Bonchev–Trinajstić information content (AvgIpc) is 2.81. The molecule has 0 fully saturated rings. The first-order chi connectivity index (χ1) is 11.0. The first kappa shape index (κ1) is 16.6. The summed E-state index contributed by atoms with van der Waals surface area (Å²) in [6.07, 6.45) is 1.61. The summed E-state index contributed by atoms with van der Waals surface area (Å²) in [5, 5.41) is 10.3. The van der Waals surface area contributed by atoms with Crippen molar-refractivity contribution in [1.29, 1.82) is 0 Å². The largest absolute Gasteiger partial charge is 0.505 e. The first-order valence-corrected chi connectivity index (χ1v) is 7.12. The number of aliphatic hydroxyl groups excluding tert-OH is 1. The molecule has 0 saturated carbocycles. The smallest absolute Gasteiger partial charge is 0.343 e. The van der Waals surface area contributed by atoms with Gasteiger partial charge in [-0.2, -0.15) is 0 Å². The molecule has 122 valence electrons. The predicted octanol–water partition coefficient (Wildman–Crippen LogP) is 2.89. The number of hydrogen-bond acceptors (Lipinski definition) is 6. The molecule has 0 radical (unpaired) electrons. The van der Waals surface area contributed by atoms with E-state index in [0.717, 1.165) is 0 Å². The number of carbonyl (C=O) groups is 1. The van der Waals surface area contributed by atoms with Crippen molar-refractivity contribution in [2.24, 2.45) is 4.99 Å². The molecule has 0 spiro atoms. The maximum atomic E-state index is 11.9. The fourth-order valence-corrected chi connectivity index (χ4v) is 2.30. The molecule has 0 atom stereocenters. The van der Waals surface area contributed by atoms with Crippen LogP contribution in [-0.2, 0) is 9.53 Å². The van der Waals surface area contributed by atoms with Gasteiger partial charge in [0.2, 0.25) is 0 Å². The van der Waals surface area contributed by atoms with Gasteiger partial charge in [0.15, 0.2) is 5.76 Å². The molecule has 0 amide bonds. The summed E-state index contributed by atoms with van der Waals surface area (Å²) in [4.78, 5) is 16.2. The molecule has 1 aromatic rings. The van der Waals surface area contributed by atoms with E-state index < -0.39 is 5.97 Å². The van der Waals surface area contributed by atoms with Gasteiger partial charge in [-0.25, -0.2) is 9.79 Å². The molecule has 6 heteroatoms. The number of carbonyl (C=O) groups excluding carboxylic acids is 1. The van der Waals surface area contributed by atoms with E-state index in [9.17, 15) is 9.90 Å². The van der Waals surface area contributed by atoms with Gasteiger partial charge in [-0.15, -0.1) is 0 Å². The maximum absolute atomic E-state index is 11.9. The minimum absolute atomic E-state index is 0.0759. The number of nitrogens with zero attached hydrogens (tertiary/aromatic N) is 1. The average molecular weight is 317 g/mol. The van der Waals surface area contributed by atoms with Gasteiger partial charge in [-0.1, -0.05) is 6.07 Å². The summed E-state index contributed by atoms with van der Waals surface area (Å²) < 4.78 is 15.6. The predicted molar refractivity (Wildman–Crippen MR) is 86.9 cm³/mol.